The van der Waals surface area contributed by atoms with Crippen molar-refractivity contribution >= 4 is 15.9 Å². The smallest absolute Gasteiger partial charge is 0.0687 e. The van der Waals surface area contributed by atoms with Crippen molar-refractivity contribution < 1.29 is 0 Å². The molecule has 0 unspecified atom stereocenters. The third-order valence-corrected chi connectivity index (χ3v) is 4.02. The van der Waals surface area contributed by atoms with Crippen molar-refractivity contribution in [3.05, 3.63) is 34.3 Å². The van der Waals surface area contributed by atoms with Crippen LogP contribution in [0.5, 0.6) is 0 Å². The fourth-order valence-corrected chi connectivity index (χ4v) is 2.66. The van der Waals surface area contributed by atoms with E-state index in [0.29, 0.717) is 0 Å². The maximum Gasteiger partial charge on any atom is 0.0687 e. The maximum absolute atomic E-state index is 9.09. The van der Waals surface area contributed by atoms with Crippen molar-refractivity contribution in [3.8, 4) is 6.07 Å². The van der Waals surface area contributed by atoms with Gasteiger partial charge in [-0.25, -0.2) is 0 Å². The number of nitrogens with zero attached hydrogens (tertiary/aromatic N) is 2. The molecule has 2 nitrogen and oxygen atoms in total. The monoisotopic (exact) mass is 292 g/mol. The first kappa shape index (κ1) is 12.6. The fourth-order valence-electron chi connectivity index (χ4n) is 2.21. The van der Waals surface area contributed by atoms with Crippen LogP contribution in [0.3, 0.4) is 0 Å². The molecule has 0 aliphatic carbocycles. The van der Waals surface area contributed by atoms with Crippen molar-refractivity contribution in [2.45, 2.75) is 26.3 Å². The molecule has 90 valence electrons. The predicted octanol–water partition coefficient (Wildman–Crippen LogP) is 3.57. The van der Waals surface area contributed by atoms with Crippen molar-refractivity contribution in [2.75, 3.05) is 13.1 Å². The van der Waals surface area contributed by atoms with Gasteiger partial charge in [0.05, 0.1) is 11.5 Å². The third kappa shape index (κ3) is 3.31. The van der Waals surface area contributed by atoms with Crippen LogP contribution in [-0.2, 0) is 6.54 Å². The molecule has 0 bridgehead atoms. The van der Waals surface area contributed by atoms with Crippen LogP contribution in [0, 0.1) is 16.7 Å². The van der Waals surface area contributed by atoms with Crippen LogP contribution < -0.4 is 0 Å². The summed E-state index contributed by atoms with van der Waals surface area (Å²) in [6.07, 6.45) is 1.97. The molecule has 1 saturated heterocycles. The van der Waals surface area contributed by atoms with Crippen molar-refractivity contribution in [2.24, 2.45) is 5.41 Å². The minimum Gasteiger partial charge on any atom is -0.299 e. The minimum absolute atomic E-state index is 0.103. The van der Waals surface area contributed by atoms with Crippen LogP contribution in [-0.4, -0.2) is 18.0 Å². The number of halogens is 1. The molecule has 1 aromatic carbocycles. The lowest BCUT2D eigenvalue weighted by atomic mass is 9.82. The third-order valence-electron chi connectivity index (χ3n) is 3.52. The molecule has 0 atom stereocenters. The molecule has 0 aromatic heterocycles. The Kier molecular flexibility index (Phi) is 3.86. The topological polar surface area (TPSA) is 27.0 Å². The number of piperidine rings is 1. The van der Waals surface area contributed by atoms with E-state index >= 15 is 0 Å². The molecule has 17 heavy (non-hydrogen) atoms. The quantitative estimate of drug-likeness (QED) is 0.833. The van der Waals surface area contributed by atoms with Crippen LogP contribution in [0.25, 0.3) is 0 Å². The Morgan fingerprint density at radius 3 is 2.71 bits per heavy atom. The molecule has 1 heterocycles. The van der Waals surface area contributed by atoms with E-state index in [-0.39, 0.29) is 5.41 Å². The normalized spacial score (nSPS) is 19.8. The molecule has 0 amide bonds. The lowest BCUT2D eigenvalue weighted by Gasteiger charge is -2.34. The summed E-state index contributed by atoms with van der Waals surface area (Å²) in [6, 6.07) is 10.9. The molecule has 0 radical (unpaired) electrons. The van der Waals surface area contributed by atoms with Gasteiger partial charge in [-0.2, -0.15) is 5.26 Å². The molecule has 1 aliphatic heterocycles. The van der Waals surface area contributed by atoms with Gasteiger partial charge < -0.3 is 0 Å². The highest BCUT2D eigenvalue weighted by Crippen LogP contribution is 2.30. The minimum atomic E-state index is -0.103. The van der Waals surface area contributed by atoms with E-state index in [1.807, 2.05) is 6.07 Å². The largest absolute Gasteiger partial charge is 0.299 e. The lowest BCUT2D eigenvalue weighted by molar-refractivity contribution is 0.150. The second-order valence-corrected chi connectivity index (χ2v) is 5.99. The Balaban J connectivity index is 1.93. The molecule has 1 fully saturated rings. The van der Waals surface area contributed by atoms with Gasteiger partial charge in [-0.15, -0.1) is 0 Å². The van der Waals surface area contributed by atoms with Gasteiger partial charge in [0, 0.05) is 11.0 Å². The van der Waals surface area contributed by atoms with E-state index in [0.717, 1.165) is 36.9 Å². The summed E-state index contributed by atoms with van der Waals surface area (Å²) >= 11 is 3.49. The standard InChI is InChI=1S/C14H17BrN2/c1-14(11-16)5-7-17(8-6-14)10-12-3-2-4-13(15)9-12/h2-4,9H,5-8,10H2,1H3. The molecular weight excluding hydrogens is 276 g/mol. The maximum atomic E-state index is 9.09. The Morgan fingerprint density at radius 2 is 2.12 bits per heavy atom. The summed E-state index contributed by atoms with van der Waals surface area (Å²) in [5.74, 6) is 0. The number of hydrogen-bond donors (Lipinski definition) is 0. The van der Waals surface area contributed by atoms with Crippen LogP contribution in [0.15, 0.2) is 28.7 Å². The zero-order valence-corrected chi connectivity index (χ0v) is 11.7. The van der Waals surface area contributed by atoms with Gasteiger partial charge in [0.25, 0.3) is 0 Å². The molecule has 3 heteroatoms. The average molecular weight is 293 g/mol. The summed E-state index contributed by atoms with van der Waals surface area (Å²) in [5, 5.41) is 9.09. The number of rotatable bonds is 2. The van der Waals surface area contributed by atoms with Crippen molar-refractivity contribution in [1.29, 1.82) is 5.26 Å². The van der Waals surface area contributed by atoms with Crippen molar-refractivity contribution in [3.63, 3.8) is 0 Å². The first-order valence-electron chi connectivity index (χ1n) is 5.99. The van der Waals surface area contributed by atoms with Gasteiger partial charge in [-0.3, -0.25) is 4.90 Å². The highest BCUT2D eigenvalue weighted by molar-refractivity contribution is 9.10. The first-order chi connectivity index (χ1) is 8.11. The predicted molar refractivity (Wildman–Crippen MR) is 72.4 cm³/mol. The van der Waals surface area contributed by atoms with Gasteiger partial charge in [-0.1, -0.05) is 28.1 Å². The molecule has 0 saturated carbocycles. The molecule has 0 N–H and O–H groups in total. The average Bonchev–Trinajstić information content (AvgIpc) is 2.33. The van der Waals surface area contributed by atoms with Crippen LogP contribution >= 0.6 is 15.9 Å². The van der Waals surface area contributed by atoms with Crippen molar-refractivity contribution in [1.82, 2.24) is 4.90 Å². The highest BCUT2D eigenvalue weighted by Gasteiger charge is 2.29. The van der Waals surface area contributed by atoms with Gasteiger partial charge in [-0.05, 0) is 50.6 Å². The Morgan fingerprint density at radius 1 is 1.41 bits per heavy atom. The van der Waals surface area contributed by atoms with Gasteiger partial charge in [0.15, 0.2) is 0 Å². The molecule has 2 rings (SSSR count). The van der Waals surface area contributed by atoms with Gasteiger partial charge >= 0.3 is 0 Å². The molecule has 1 aliphatic rings. The van der Waals surface area contributed by atoms with Crippen LogP contribution in [0.2, 0.25) is 0 Å². The van der Waals surface area contributed by atoms with E-state index in [4.69, 9.17) is 5.26 Å². The summed E-state index contributed by atoms with van der Waals surface area (Å²) in [7, 11) is 0. The zero-order chi connectivity index (χ0) is 12.3. The summed E-state index contributed by atoms with van der Waals surface area (Å²) in [4.78, 5) is 2.43. The number of benzene rings is 1. The van der Waals surface area contributed by atoms with Gasteiger partial charge in [0.2, 0.25) is 0 Å². The Labute approximate surface area is 111 Å². The number of hydrogen-bond acceptors (Lipinski definition) is 2. The Hall–Kier alpha value is -0.850. The zero-order valence-electron chi connectivity index (χ0n) is 10.1. The number of likely N-dealkylation sites (tertiary alicyclic amines) is 1. The lowest BCUT2D eigenvalue weighted by Crippen LogP contribution is -2.37. The number of nitriles is 1. The van der Waals surface area contributed by atoms with Gasteiger partial charge in [0.1, 0.15) is 0 Å². The van der Waals surface area contributed by atoms with E-state index in [1.165, 1.54) is 5.56 Å². The summed E-state index contributed by atoms with van der Waals surface area (Å²) in [5.41, 5.74) is 1.23. The van der Waals surface area contributed by atoms with Crippen LogP contribution in [0.1, 0.15) is 25.3 Å². The first-order valence-corrected chi connectivity index (χ1v) is 6.79. The SMILES string of the molecule is CC1(C#N)CCN(Cc2cccc(Br)c2)CC1. The van der Waals surface area contributed by atoms with E-state index in [1.54, 1.807) is 0 Å². The van der Waals surface area contributed by atoms with Crippen LogP contribution in [0.4, 0.5) is 0 Å². The van der Waals surface area contributed by atoms with E-state index in [2.05, 4.69) is 52.0 Å². The van der Waals surface area contributed by atoms with E-state index in [9.17, 15) is 0 Å². The molecular formula is C14H17BrN2. The molecule has 1 aromatic rings. The Bertz CT molecular complexity index is 428. The van der Waals surface area contributed by atoms with E-state index < -0.39 is 0 Å². The second kappa shape index (κ2) is 5.20. The fraction of sp³-hybridized carbons (Fsp3) is 0.500. The summed E-state index contributed by atoms with van der Waals surface area (Å²) in [6.45, 7) is 5.11. The summed E-state index contributed by atoms with van der Waals surface area (Å²) < 4.78 is 1.13. The molecule has 0 spiro atoms. The highest BCUT2D eigenvalue weighted by atomic mass is 79.9. The second-order valence-electron chi connectivity index (χ2n) is 5.08.